The molecule has 0 saturated heterocycles. The Morgan fingerprint density at radius 1 is 1.33 bits per heavy atom. The van der Waals surface area contributed by atoms with Crippen LogP contribution in [0.2, 0.25) is 0 Å². The predicted molar refractivity (Wildman–Crippen MR) is 62.0 cm³/mol. The van der Waals surface area contributed by atoms with Gasteiger partial charge in [0.15, 0.2) is 0 Å². The van der Waals surface area contributed by atoms with Gasteiger partial charge in [0.2, 0.25) is 0 Å². The van der Waals surface area contributed by atoms with Crippen molar-refractivity contribution >= 4 is 0 Å². The second-order valence-electron chi connectivity index (χ2n) is 4.27. The minimum atomic E-state index is -0.358. The highest BCUT2D eigenvalue weighted by Crippen LogP contribution is 2.27. The maximum Gasteiger partial charge on any atom is 0.0917 e. The Labute approximate surface area is 91.3 Å². The van der Waals surface area contributed by atoms with Crippen LogP contribution >= 0.6 is 0 Å². The number of hydrogen-bond donors (Lipinski definition) is 2. The zero-order chi connectivity index (χ0) is 10.7. The molecule has 1 aromatic carbocycles. The molecule has 2 rings (SSSR count). The van der Waals surface area contributed by atoms with Crippen molar-refractivity contribution in [1.29, 1.82) is 0 Å². The van der Waals surface area contributed by atoms with E-state index in [1.165, 1.54) is 30.4 Å². The maximum absolute atomic E-state index is 10.0. The number of hydrogen-bond acceptors (Lipinski definition) is 2. The van der Waals surface area contributed by atoms with Crippen LogP contribution in [0.15, 0.2) is 18.2 Å². The molecule has 0 saturated carbocycles. The Bertz CT molecular complexity index is 335. The van der Waals surface area contributed by atoms with Gasteiger partial charge in [-0.2, -0.15) is 0 Å². The van der Waals surface area contributed by atoms with Crippen LogP contribution in [0.3, 0.4) is 0 Å². The molecule has 1 unspecified atom stereocenters. The van der Waals surface area contributed by atoms with Gasteiger partial charge in [-0.3, -0.25) is 0 Å². The summed E-state index contributed by atoms with van der Waals surface area (Å²) in [6.45, 7) is 0.635. The lowest BCUT2D eigenvalue weighted by molar-refractivity contribution is 0.176. The summed E-state index contributed by atoms with van der Waals surface area (Å²) in [5.74, 6) is 0. The Morgan fingerprint density at radius 3 is 2.93 bits per heavy atom. The minimum absolute atomic E-state index is 0.358. The lowest BCUT2D eigenvalue weighted by Gasteiger charge is -2.22. The predicted octanol–water partition coefficient (Wildman–Crippen LogP) is 1.82. The summed E-state index contributed by atoms with van der Waals surface area (Å²) in [6, 6.07) is 6.33. The smallest absolute Gasteiger partial charge is 0.0917 e. The van der Waals surface area contributed by atoms with Gasteiger partial charge >= 0.3 is 0 Å². The molecule has 2 heteroatoms. The first-order valence-corrected chi connectivity index (χ1v) is 5.76. The monoisotopic (exact) mass is 205 g/mol. The van der Waals surface area contributed by atoms with Crippen molar-refractivity contribution in [3.8, 4) is 0 Å². The molecule has 0 bridgehead atoms. The molecule has 1 atom stereocenters. The Hall–Kier alpha value is -0.860. The van der Waals surface area contributed by atoms with Crippen LogP contribution in [-0.2, 0) is 12.8 Å². The summed E-state index contributed by atoms with van der Waals surface area (Å²) in [7, 11) is 1.87. The fourth-order valence-electron chi connectivity index (χ4n) is 2.43. The average Bonchev–Trinajstić information content (AvgIpc) is 2.28. The third-order valence-electron chi connectivity index (χ3n) is 3.19. The van der Waals surface area contributed by atoms with Crippen LogP contribution in [0, 0.1) is 0 Å². The van der Waals surface area contributed by atoms with Crippen molar-refractivity contribution in [2.45, 2.75) is 31.8 Å². The average molecular weight is 205 g/mol. The highest BCUT2D eigenvalue weighted by Gasteiger charge is 2.16. The highest BCUT2D eigenvalue weighted by atomic mass is 16.3. The molecule has 0 spiro atoms. The normalized spacial score (nSPS) is 17.2. The zero-order valence-electron chi connectivity index (χ0n) is 9.29. The minimum Gasteiger partial charge on any atom is -0.387 e. The number of aliphatic hydroxyl groups is 1. The molecule has 0 radical (unpaired) electrons. The fraction of sp³-hybridized carbons (Fsp3) is 0.538. The van der Waals surface area contributed by atoms with Gasteiger partial charge in [0.05, 0.1) is 6.10 Å². The molecule has 1 aliphatic rings. The molecule has 2 N–H and O–H groups in total. The Kier molecular flexibility index (Phi) is 3.39. The molecule has 15 heavy (non-hydrogen) atoms. The maximum atomic E-state index is 10.0. The first-order chi connectivity index (χ1) is 7.33. The number of aliphatic hydroxyl groups excluding tert-OH is 1. The lowest BCUT2D eigenvalue weighted by Crippen LogP contribution is -2.19. The first-order valence-electron chi connectivity index (χ1n) is 5.76. The molecular formula is C13H19NO. The quantitative estimate of drug-likeness (QED) is 0.789. The molecule has 0 amide bonds. The van der Waals surface area contributed by atoms with E-state index in [0.29, 0.717) is 6.54 Å². The van der Waals surface area contributed by atoms with Crippen molar-refractivity contribution in [2.75, 3.05) is 13.6 Å². The number of aryl methyl sites for hydroxylation is 1. The van der Waals surface area contributed by atoms with E-state index in [9.17, 15) is 5.11 Å². The van der Waals surface area contributed by atoms with Crippen molar-refractivity contribution < 1.29 is 5.11 Å². The summed E-state index contributed by atoms with van der Waals surface area (Å²) in [4.78, 5) is 0. The highest BCUT2D eigenvalue weighted by molar-refractivity contribution is 5.38. The largest absolute Gasteiger partial charge is 0.387 e. The second kappa shape index (κ2) is 4.77. The summed E-state index contributed by atoms with van der Waals surface area (Å²) >= 11 is 0. The van der Waals surface area contributed by atoms with Crippen LogP contribution in [0.1, 0.15) is 35.6 Å². The van der Waals surface area contributed by atoms with Crippen LogP contribution in [-0.4, -0.2) is 18.7 Å². The molecule has 2 nitrogen and oxygen atoms in total. The van der Waals surface area contributed by atoms with E-state index in [2.05, 4.69) is 23.5 Å². The third-order valence-corrected chi connectivity index (χ3v) is 3.19. The van der Waals surface area contributed by atoms with Crippen molar-refractivity contribution in [3.05, 3.63) is 34.9 Å². The van der Waals surface area contributed by atoms with Gasteiger partial charge in [-0.25, -0.2) is 0 Å². The van der Waals surface area contributed by atoms with Gasteiger partial charge in [-0.05, 0) is 49.4 Å². The molecule has 0 fully saturated rings. The van der Waals surface area contributed by atoms with Crippen LogP contribution in [0.5, 0.6) is 0 Å². The molecule has 1 aromatic rings. The van der Waals surface area contributed by atoms with Gasteiger partial charge in [0.25, 0.3) is 0 Å². The van der Waals surface area contributed by atoms with E-state index in [0.717, 1.165) is 12.0 Å². The van der Waals surface area contributed by atoms with Crippen LogP contribution in [0.4, 0.5) is 0 Å². The van der Waals surface area contributed by atoms with E-state index in [4.69, 9.17) is 0 Å². The number of nitrogens with one attached hydrogen (secondary N) is 1. The number of benzene rings is 1. The standard InChI is InChI=1S/C13H19NO/c1-14-9-13(15)12-8-4-6-10-5-2-3-7-11(10)12/h4,6,8,13-15H,2-3,5,7,9H2,1H3. The number of fused-ring (bicyclic) bond motifs is 1. The third kappa shape index (κ3) is 2.21. The van der Waals surface area contributed by atoms with Gasteiger partial charge < -0.3 is 10.4 Å². The topological polar surface area (TPSA) is 32.3 Å². The van der Waals surface area contributed by atoms with Crippen LogP contribution < -0.4 is 5.32 Å². The first kappa shape index (κ1) is 10.7. The van der Waals surface area contributed by atoms with Gasteiger partial charge in [-0.15, -0.1) is 0 Å². The Morgan fingerprint density at radius 2 is 2.13 bits per heavy atom. The summed E-state index contributed by atoms with van der Waals surface area (Å²) < 4.78 is 0. The molecule has 0 aromatic heterocycles. The Balaban J connectivity index is 2.30. The summed E-state index contributed by atoms with van der Waals surface area (Å²) in [6.07, 6.45) is 4.50. The molecular weight excluding hydrogens is 186 g/mol. The summed E-state index contributed by atoms with van der Waals surface area (Å²) in [5, 5.41) is 13.0. The lowest BCUT2D eigenvalue weighted by atomic mass is 9.86. The van der Waals surface area contributed by atoms with E-state index >= 15 is 0 Å². The van der Waals surface area contributed by atoms with Gasteiger partial charge in [0, 0.05) is 6.54 Å². The van der Waals surface area contributed by atoms with Crippen molar-refractivity contribution in [3.63, 3.8) is 0 Å². The SMILES string of the molecule is CNCC(O)c1cccc2c1CCCC2. The number of likely N-dealkylation sites (N-methyl/N-ethyl adjacent to an activating group) is 1. The van der Waals surface area contributed by atoms with E-state index < -0.39 is 0 Å². The molecule has 82 valence electrons. The van der Waals surface area contributed by atoms with Crippen molar-refractivity contribution in [1.82, 2.24) is 5.32 Å². The molecule has 1 aliphatic carbocycles. The van der Waals surface area contributed by atoms with Crippen LogP contribution in [0.25, 0.3) is 0 Å². The number of rotatable bonds is 3. The summed E-state index contributed by atoms with van der Waals surface area (Å²) in [5.41, 5.74) is 3.96. The van der Waals surface area contributed by atoms with E-state index in [1.54, 1.807) is 0 Å². The van der Waals surface area contributed by atoms with E-state index in [-0.39, 0.29) is 6.10 Å². The van der Waals surface area contributed by atoms with Gasteiger partial charge in [0.1, 0.15) is 0 Å². The fourth-order valence-corrected chi connectivity index (χ4v) is 2.43. The van der Waals surface area contributed by atoms with Gasteiger partial charge in [-0.1, -0.05) is 18.2 Å². The van der Waals surface area contributed by atoms with Crippen molar-refractivity contribution in [2.24, 2.45) is 0 Å². The zero-order valence-corrected chi connectivity index (χ0v) is 9.29. The molecule has 0 aliphatic heterocycles. The molecule has 0 heterocycles. The van der Waals surface area contributed by atoms with E-state index in [1.807, 2.05) is 7.05 Å². The second-order valence-corrected chi connectivity index (χ2v) is 4.27.